The summed E-state index contributed by atoms with van der Waals surface area (Å²) in [6.45, 7) is 4.01. The quantitative estimate of drug-likeness (QED) is 0.727. The van der Waals surface area contributed by atoms with E-state index in [1.54, 1.807) is 18.4 Å². The number of hydrogen-bond acceptors (Lipinski definition) is 5. The SMILES string of the molecule is COc1nc2sccn2c1CNCCCC(C)CO. The number of aromatic nitrogens is 2. The van der Waals surface area contributed by atoms with E-state index in [1.165, 1.54) is 0 Å². The molecule has 0 aromatic carbocycles. The molecule has 0 saturated carbocycles. The van der Waals surface area contributed by atoms with E-state index in [0.717, 1.165) is 36.6 Å². The number of nitrogens with one attached hydrogen (secondary N) is 1. The van der Waals surface area contributed by atoms with E-state index in [-0.39, 0.29) is 6.61 Å². The topological polar surface area (TPSA) is 58.8 Å². The molecule has 0 saturated heterocycles. The first kappa shape index (κ1) is 14.3. The lowest BCUT2D eigenvalue weighted by atomic mass is 10.1. The Balaban J connectivity index is 1.85. The second-order valence-corrected chi connectivity index (χ2v) is 5.60. The number of methoxy groups -OCH3 is 1. The fourth-order valence-corrected chi connectivity index (χ4v) is 2.74. The zero-order chi connectivity index (χ0) is 13.7. The third-order valence-electron chi connectivity index (χ3n) is 3.17. The zero-order valence-electron chi connectivity index (χ0n) is 11.4. The lowest BCUT2D eigenvalue weighted by Gasteiger charge is -2.08. The van der Waals surface area contributed by atoms with Crippen molar-refractivity contribution in [2.45, 2.75) is 26.3 Å². The van der Waals surface area contributed by atoms with Gasteiger partial charge in [-0.15, -0.1) is 11.3 Å². The van der Waals surface area contributed by atoms with Crippen molar-refractivity contribution in [3.63, 3.8) is 0 Å². The van der Waals surface area contributed by atoms with Crippen molar-refractivity contribution < 1.29 is 9.84 Å². The van der Waals surface area contributed by atoms with Crippen LogP contribution in [0, 0.1) is 5.92 Å². The number of fused-ring (bicyclic) bond motifs is 1. The molecule has 0 aliphatic rings. The maximum absolute atomic E-state index is 8.96. The predicted molar refractivity (Wildman–Crippen MR) is 76.8 cm³/mol. The first-order chi connectivity index (χ1) is 9.26. The number of aliphatic hydroxyl groups excluding tert-OH is 1. The normalized spacial score (nSPS) is 13.0. The van der Waals surface area contributed by atoms with Crippen LogP contribution in [0.2, 0.25) is 0 Å². The average Bonchev–Trinajstić information content (AvgIpc) is 2.99. The Labute approximate surface area is 117 Å². The molecule has 2 aromatic heterocycles. The minimum atomic E-state index is 0.270. The average molecular weight is 283 g/mol. The molecule has 2 N–H and O–H groups in total. The van der Waals surface area contributed by atoms with Crippen LogP contribution in [-0.4, -0.2) is 34.8 Å². The van der Waals surface area contributed by atoms with Crippen molar-refractivity contribution in [1.82, 2.24) is 14.7 Å². The molecule has 106 valence electrons. The zero-order valence-corrected chi connectivity index (χ0v) is 12.2. The molecular weight excluding hydrogens is 262 g/mol. The smallest absolute Gasteiger partial charge is 0.237 e. The molecular formula is C13H21N3O2S. The van der Waals surface area contributed by atoms with Gasteiger partial charge in [0.15, 0.2) is 4.96 Å². The Kier molecular flexibility index (Phi) is 5.18. The highest BCUT2D eigenvalue weighted by Gasteiger charge is 2.12. The monoisotopic (exact) mass is 283 g/mol. The van der Waals surface area contributed by atoms with Crippen LogP contribution in [0.5, 0.6) is 5.88 Å². The molecule has 1 unspecified atom stereocenters. The van der Waals surface area contributed by atoms with Gasteiger partial charge in [-0.25, -0.2) is 0 Å². The molecule has 5 nitrogen and oxygen atoms in total. The number of rotatable bonds is 8. The summed E-state index contributed by atoms with van der Waals surface area (Å²) in [5, 5.41) is 14.4. The largest absolute Gasteiger partial charge is 0.480 e. The first-order valence-electron chi connectivity index (χ1n) is 6.56. The first-order valence-corrected chi connectivity index (χ1v) is 7.44. The van der Waals surface area contributed by atoms with Crippen LogP contribution in [0.1, 0.15) is 25.5 Å². The van der Waals surface area contributed by atoms with Gasteiger partial charge in [-0.2, -0.15) is 4.98 Å². The minimum absolute atomic E-state index is 0.270. The van der Waals surface area contributed by atoms with E-state index < -0.39 is 0 Å². The van der Waals surface area contributed by atoms with Crippen LogP contribution >= 0.6 is 11.3 Å². The number of hydrogen-bond donors (Lipinski definition) is 2. The van der Waals surface area contributed by atoms with Crippen molar-refractivity contribution in [3.8, 4) is 5.88 Å². The van der Waals surface area contributed by atoms with Crippen molar-refractivity contribution >= 4 is 16.3 Å². The van der Waals surface area contributed by atoms with Gasteiger partial charge in [-0.05, 0) is 25.3 Å². The summed E-state index contributed by atoms with van der Waals surface area (Å²) in [7, 11) is 1.65. The van der Waals surface area contributed by atoms with Crippen molar-refractivity contribution in [3.05, 3.63) is 17.3 Å². The highest BCUT2D eigenvalue weighted by Crippen LogP contribution is 2.22. The summed E-state index contributed by atoms with van der Waals surface area (Å²) >= 11 is 1.60. The highest BCUT2D eigenvalue weighted by molar-refractivity contribution is 7.15. The molecule has 1 atom stereocenters. The standard InChI is InChI=1S/C13H21N3O2S/c1-10(9-17)4-3-5-14-8-11-12(18-2)15-13-16(11)6-7-19-13/h6-7,10,14,17H,3-5,8-9H2,1-2H3. The van der Waals surface area contributed by atoms with E-state index in [1.807, 2.05) is 11.6 Å². The lowest BCUT2D eigenvalue weighted by molar-refractivity contribution is 0.228. The maximum atomic E-state index is 8.96. The minimum Gasteiger partial charge on any atom is -0.480 e. The molecule has 0 amide bonds. The van der Waals surface area contributed by atoms with Gasteiger partial charge < -0.3 is 15.2 Å². The van der Waals surface area contributed by atoms with Crippen molar-refractivity contribution in [2.24, 2.45) is 5.92 Å². The molecule has 0 fully saturated rings. The van der Waals surface area contributed by atoms with Gasteiger partial charge in [0, 0.05) is 24.7 Å². The fraction of sp³-hybridized carbons (Fsp3) is 0.615. The van der Waals surface area contributed by atoms with Crippen LogP contribution in [0.15, 0.2) is 11.6 Å². The third-order valence-corrected chi connectivity index (χ3v) is 3.93. The summed E-state index contributed by atoms with van der Waals surface area (Å²) in [4.78, 5) is 5.38. The van der Waals surface area contributed by atoms with Crippen molar-refractivity contribution in [1.29, 1.82) is 0 Å². The Hall–Kier alpha value is -1.11. The fourth-order valence-electron chi connectivity index (χ4n) is 2.01. The lowest BCUT2D eigenvalue weighted by Crippen LogP contribution is -2.17. The summed E-state index contributed by atoms with van der Waals surface area (Å²) in [6, 6.07) is 0. The van der Waals surface area contributed by atoms with Crippen LogP contribution in [0.4, 0.5) is 0 Å². The van der Waals surface area contributed by atoms with Gasteiger partial charge in [-0.3, -0.25) is 4.40 Å². The second-order valence-electron chi connectivity index (χ2n) is 4.73. The third kappa shape index (κ3) is 3.46. The van der Waals surface area contributed by atoms with Crippen LogP contribution < -0.4 is 10.1 Å². The van der Waals surface area contributed by atoms with Gasteiger partial charge in [0.2, 0.25) is 5.88 Å². The van der Waals surface area contributed by atoms with Gasteiger partial charge >= 0.3 is 0 Å². The second kappa shape index (κ2) is 6.88. The van der Waals surface area contributed by atoms with E-state index in [0.29, 0.717) is 11.8 Å². The Morgan fingerprint density at radius 1 is 1.58 bits per heavy atom. The number of imidazole rings is 1. The summed E-state index contributed by atoms with van der Waals surface area (Å²) in [6.07, 6.45) is 4.12. The highest BCUT2D eigenvalue weighted by atomic mass is 32.1. The van der Waals surface area contributed by atoms with Gasteiger partial charge in [0.1, 0.15) is 5.69 Å². The van der Waals surface area contributed by atoms with Crippen molar-refractivity contribution in [2.75, 3.05) is 20.3 Å². The van der Waals surface area contributed by atoms with E-state index >= 15 is 0 Å². The molecule has 0 spiro atoms. The molecule has 2 rings (SSSR count). The van der Waals surface area contributed by atoms with Gasteiger partial charge in [-0.1, -0.05) is 6.92 Å². The molecule has 2 heterocycles. The molecule has 19 heavy (non-hydrogen) atoms. The van der Waals surface area contributed by atoms with Crippen LogP contribution in [0.3, 0.4) is 0 Å². The molecule has 0 bridgehead atoms. The van der Waals surface area contributed by atoms with Gasteiger partial charge in [0.25, 0.3) is 0 Å². The number of nitrogens with zero attached hydrogens (tertiary/aromatic N) is 2. The Morgan fingerprint density at radius 3 is 3.16 bits per heavy atom. The van der Waals surface area contributed by atoms with Gasteiger partial charge in [0.05, 0.1) is 7.11 Å². The maximum Gasteiger partial charge on any atom is 0.237 e. The summed E-state index contributed by atoms with van der Waals surface area (Å²) < 4.78 is 7.37. The predicted octanol–water partition coefficient (Wildman–Crippen LogP) is 1.90. The van der Waals surface area contributed by atoms with E-state index in [4.69, 9.17) is 9.84 Å². The Bertz CT molecular complexity index is 509. The molecule has 0 aliphatic carbocycles. The Morgan fingerprint density at radius 2 is 2.42 bits per heavy atom. The van der Waals surface area contributed by atoms with E-state index in [9.17, 15) is 0 Å². The molecule has 6 heteroatoms. The molecule has 0 radical (unpaired) electrons. The summed E-state index contributed by atoms with van der Waals surface area (Å²) in [5.41, 5.74) is 1.06. The number of ether oxygens (including phenoxy) is 1. The number of thiazole rings is 1. The van der Waals surface area contributed by atoms with Crippen LogP contribution in [-0.2, 0) is 6.54 Å². The summed E-state index contributed by atoms with van der Waals surface area (Å²) in [5.74, 6) is 1.08. The molecule has 2 aromatic rings. The van der Waals surface area contributed by atoms with Crippen LogP contribution in [0.25, 0.3) is 4.96 Å². The van der Waals surface area contributed by atoms with E-state index in [2.05, 4.69) is 21.6 Å². The number of aliphatic hydroxyl groups is 1. The molecule has 0 aliphatic heterocycles.